The zero-order chi connectivity index (χ0) is 14.7. The monoisotopic (exact) mass is 306 g/mol. The van der Waals surface area contributed by atoms with E-state index in [1.54, 1.807) is 0 Å². The van der Waals surface area contributed by atoms with Crippen molar-refractivity contribution in [1.82, 2.24) is 0 Å². The number of hydrogen-bond acceptors (Lipinski definition) is 4. The predicted octanol–water partition coefficient (Wildman–Crippen LogP) is 3.63. The van der Waals surface area contributed by atoms with Gasteiger partial charge in [-0.25, -0.2) is 0 Å². The minimum atomic E-state index is 0.0121. The SMILES string of the molecule is Cc1cccc(C=O)c1OC1CCOC2(CCSCC2)C1. The maximum Gasteiger partial charge on any atom is 0.153 e. The van der Waals surface area contributed by atoms with Crippen molar-refractivity contribution in [1.29, 1.82) is 0 Å². The number of rotatable bonds is 3. The summed E-state index contributed by atoms with van der Waals surface area (Å²) in [5.74, 6) is 3.10. The van der Waals surface area contributed by atoms with E-state index in [0.717, 1.165) is 49.9 Å². The van der Waals surface area contributed by atoms with E-state index in [1.807, 2.05) is 36.9 Å². The number of aldehydes is 1. The molecule has 0 saturated carbocycles. The number of aryl methyl sites for hydroxylation is 1. The van der Waals surface area contributed by atoms with Crippen molar-refractivity contribution >= 4 is 18.0 Å². The lowest BCUT2D eigenvalue weighted by Gasteiger charge is -2.43. The van der Waals surface area contributed by atoms with Crippen LogP contribution in [0.4, 0.5) is 0 Å². The molecule has 2 fully saturated rings. The molecule has 0 radical (unpaired) electrons. The fourth-order valence-corrected chi connectivity index (χ4v) is 4.51. The van der Waals surface area contributed by atoms with Crippen LogP contribution in [0.25, 0.3) is 0 Å². The minimum absolute atomic E-state index is 0.0121. The Morgan fingerprint density at radius 2 is 2.19 bits per heavy atom. The van der Waals surface area contributed by atoms with E-state index in [0.29, 0.717) is 5.56 Å². The quantitative estimate of drug-likeness (QED) is 0.799. The first-order valence-electron chi connectivity index (χ1n) is 7.66. The van der Waals surface area contributed by atoms with Gasteiger partial charge in [0.05, 0.1) is 17.8 Å². The van der Waals surface area contributed by atoms with Crippen molar-refractivity contribution in [2.24, 2.45) is 0 Å². The van der Waals surface area contributed by atoms with Crippen molar-refractivity contribution in [3.8, 4) is 5.75 Å². The van der Waals surface area contributed by atoms with Gasteiger partial charge in [0.25, 0.3) is 0 Å². The maximum atomic E-state index is 11.2. The van der Waals surface area contributed by atoms with Crippen LogP contribution in [0, 0.1) is 6.92 Å². The molecule has 4 heteroatoms. The van der Waals surface area contributed by atoms with Gasteiger partial charge in [-0.1, -0.05) is 12.1 Å². The van der Waals surface area contributed by atoms with Crippen LogP contribution >= 0.6 is 11.8 Å². The third kappa shape index (κ3) is 3.27. The van der Waals surface area contributed by atoms with Gasteiger partial charge in [-0.2, -0.15) is 11.8 Å². The number of thioether (sulfide) groups is 1. The molecule has 21 heavy (non-hydrogen) atoms. The summed E-state index contributed by atoms with van der Waals surface area (Å²) in [4.78, 5) is 11.2. The molecule has 1 aromatic rings. The molecule has 1 atom stereocenters. The van der Waals surface area contributed by atoms with Gasteiger partial charge in [-0.3, -0.25) is 4.79 Å². The predicted molar refractivity (Wildman–Crippen MR) is 85.5 cm³/mol. The zero-order valence-corrected chi connectivity index (χ0v) is 13.3. The van der Waals surface area contributed by atoms with Crippen molar-refractivity contribution in [3.63, 3.8) is 0 Å². The average molecular weight is 306 g/mol. The number of carbonyl (C=O) groups excluding carboxylic acids is 1. The summed E-state index contributed by atoms with van der Waals surface area (Å²) in [7, 11) is 0. The molecular formula is C17H22O3S. The summed E-state index contributed by atoms with van der Waals surface area (Å²) in [5, 5.41) is 0. The first kappa shape index (κ1) is 14.9. The van der Waals surface area contributed by atoms with E-state index in [-0.39, 0.29) is 11.7 Å². The van der Waals surface area contributed by atoms with Gasteiger partial charge in [0.2, 0.25) is 0 Å². The average Bonchev–Trinajstić information content (AvgIpc) is 2.50. The Labute approximate surface area is 130 Å². The van der Waals surface area contributed by atoms with Gasteiger partial charge in [0.15, 0.2) is 6.29 Å². The second-order valence-electron chi connectivity index (χ2n) is 5.99. The standard InChI is InChI=1S/C17H22O3S/c1-13-3-2-4-14(12-18)16(13)20-15-5-8-19-17(11-15)6-9-21-10-7-17/h2-4,12,15H,5-11H2,1H3. The van der Waals surface area contributed by atoms with Crippen molar-refractivity contribution in [2.45, 2.75) is 44.3 Å². The highest BCUT2D eigenvalue weighted by Crippen LogP contribution is 2.39. The van der Waals surface area contributed by atoms with Crippen LogP contribution in [-0.4, -0.2) is 36.1 Å². The molecule has 0 aromatic heterocycles. The smallest absolute Gasteiger partial charge is 0.153 e. The van der Waals surface area contributed by atoms with Crippen LogP contribution in [-0.2, 0) is 4.74 Å². The number of ether oxygens (including phenoxy) is 2. The highest BCUT2D eigenvalue weighted by atomic mass is 32.2. The van der Waals surface area contributed by atoms with Gasteiger partial charge in [-0.05, 0) is 42.9 Å². The largest absolute Gasteiger partial charge is 0.489 e. The molecule has 1 aromatic carbocycles. The third-order valence-corrected chi connectivity index (χ3v) is 5.49. The molecule has 3 rings (SSSR count). The van der Waals surface area contributed by atoms with E-state index in [2.05, 4.69) is 0 Å². The summed E-state index contributed by atoms with van der Waals surface area (Å²) in [6.45, 7) is 2.76. The molecule has 0 N–H and O–H groups in total. The Hall–Kier alpha value is -1.000. The normalized spacial score (nSPS) is 24.7. The number of benzene rings is 1. The zero-order valence-electron chi connectivity index (χ0n) is 12.5. The first-order chi connectivity index (χ1) is 10.2. The van der Waals surface area contributed by atoms with Gasteiger partial charge in [0, 0.05) is 12.8 Å². The molecule has 2 aliphatic heterocycles. The van der Waals surface area contributed by atoms with Crippen LogP contribution in [0.15, 0.2) is 18.2 Å². The van der Waals surface area contributed by atoms with Crippen molar-refractivity contribution in [2.75, 3.05) is 18.1 Å². The Morgan fingerprint density at radius 3 is 2.95 bits per heavy atom. The highest BCUT2D eigenvalue weighted by molar-refractivity contribution is 7.99. The van der Waals surface area contributed by atoms with Gasteiger partial charge in [-0.15, -0.1) is 0 Å². The lowest BCUT2D eigenvalue weighted by Crippen LogP contribution is -2.46. The molecule has 2 aliphatic rings. The molecule has 0 aliphatic carbocycles. The molecule has 1 spiro atoms. The van der Waals surface area contributed by atoms with Gasteiger partial charge >= 0.3 is 0 Å². The van der Waals surface area contributed by atoms with Crippen LogP contribution in [0.5, 0.6) is 5.75 Å². The summed E-state index contributed by atoms with van der Waals surface area (Å²) in [6.07, 6.45) is 5.12. The number of para-hydroxylation sites is 1. The maximum absolute atomic E-state index is 11.2. The Morgan fingerprint density at radius 1 is 1.38 bits per heavy atom. The van der Waals surface area contributed by atoms with Gasteiger partial charge in [0.1, 0.15) is 11.9 Å². The third-order valence-electron chi connectivity index (χ3n) is 4.51. The van der Waals surface area contributed by atoms with Crippen molar-refractivity contribution in [3.05, 3.63) is 29.3 Å². The summed E-state index contributed by atoms with van der Waals surface area (Å²) in [6, 6.07) is 5.71. The summed E-state index contributed by atoms with van der Waals surface area (Å²) >= 11 is 2.01. The van der Waals surface area contributed by atoms with E-state index in [1.165, 1.54) is 11.5 Å². The lowest BCUT2D eigenvalue weighted by atomic mass is 9.86. The van der Waals surface area contributed by atoms with Gasteiger partial charge < -0.3 is 9.47 Å². The first-order valence-corrected chi connectivity index (χ1v) is 8.81. The molecule has 3 nitrogen and oxygen atoms in total. The molecule has 114 valence electrons. The molecule has 2 heterocycles. The topological polar surface area (TPSA) is 35.5 Å². The number of hydrogen-bond donors (Lipinski definition) is 0. The lowest BCUT2D eigenvalue weighted by molar-refractivity contribution is -0.116. The summed E-state index contributed by atoms with van der Waals surface area (Å²) in [5.41, 5.74) is 1.69. The number of carbonyl (C=O) groups is 1. The molecule has 0 bridgehead atoms. The van der Waals surface area contributed by atoms with Crippen LogP contribution in [0.1, 0.15) is 41.6 Å². The fourth-order valence-electron chi connectivity index (χ4n) is 3.27. The Bertz CT molecular complexity index is 503. The molecule has 1 unspecified atom stereocenters. The van der Waals surface area contributed by atoms with E-state index in [9.17, 15) is 4.79 Å². The molecule has 2 saturated heterocycles. The highest BCUT2D eigenvalue weighted by Gasteiger charge is 2.39. The molecular weight excluding hydrogens is 284 g/mol. The molecule has 0 amide bonds. The van der Waals surface area contributed by atoms with E-state index < -0.39 is 0 Å². The van der Waals surface area contributed by atoms with Crippen LogP contribution in [0.3, 0.4) is 0 Å². The fraction of sp³-hybridized carbons (Fsp3) is 0.588. The minimum Gasteiger partial charge on any atom is -0.489 e. The van der Waals surface area contributed by atoms with E-state index in [4.69, 9.17) is 9.47 Å². The van der Waals surface area contributed by atoms with Crippen LogP contribution < -0.4 is 4.74 Å². The second kappa shape index (κ2) is 6.41. The van der Waals surface area contributed by atoms with Crippen LogP contribution in [0.2, 0.25) is 0 Å². The Kier molecular flexibility index (Phi) is 4.55. The van der Waals surface area contributed by atoms with Crippen molar-refractivity contribution < 1.29 is 14.3 Å². The second-order valence-corrected chi connectivity index (χ2v) is 7.21. The summed E-state index contributed by atoms with van der Waals surface area (Å²) < 4.78 is 12.3. The van der Waals surface area contributed by atoms with E-state index >= 15 is 0 Å². The Balaban J connectivity index is 1.74.